The summed E-state index contributed by atoms with van der Waals surface area (Å²) in [5.74, 6) is 1.49. The van der Waals surface area contributed by atoms with Gasteiger partial charge < -0.3 is 5.32 Å². The lowest BCUT2D eigenvalue weighted by molar-refractivity contribution is 1.21. The average molecular weight is 270 g/mol. The van der Waals surface area contributed by atoms with Gasteiger partial charge in [-0.05, 0) is 24.3 Å². The van der Waals surface area contributed by atoms with E-state index in [2.05, 4.69) is 15.3 Å². The van der Waals surface area contributed by atoms with Crippen LogP contribution in [0.1, 0.15) is 0 Å². The highest BCUT2D eigenvalue weighted by Crippen LogP contribution is 2.25. The molecular formula is C15H12ClN3. The van der Waals surface area contributed by atoms with E-state index < -0.39 is 0 Å². The molecule has 0 aliphatic carbocycles. The number of fused-ring (bicyclic) bond motifs is 1. The summed E-state index contributed by atoms with van der Waals surface area (Å²) in [5.41, 5.74) is 1.83. The Bertz CT molecular complexity index is 740. The normalized spacial score (nSPS) is 10.6. The van der Waals surface area contributed by atoms with Crippen molar-refractivity contribution in [3.8, 4) is 11.4 Å². The number of anilines is 1. The van der Waals surface area contributed by atoms with Gasteiger partial charge in [0.2, 0.25) is 0 Å². The van der Waals surface area contributed by atoms with Gasteiger partial charge in [-0.3, -0.25) is 0 Å². The van der Waals surface area contributed by atoms with Crippen LogP contribution in [-0.4, -0.2) is 17.0 Å². The molecule has 0 aliphatic rings. The number of rotatable bonds is 2. The summed E-state index contributed by atoms with van der Waals surface area (Å²) in [6, 6.07) is 15.5. The lowest BCUT2D eigenvalue weighted by atomic mass is 10.2. The summed E-state index contributed by atoms with van der Waals surface area (Å²) in [5, 5.41) is 4.80. The monoisotopic (exact) mass is 269 g/mol. The van der Waals surface area contributed by atoms with Gasteiger partial charge in [0.15, 0.2) is 5.82 Å². The summed E-state index contributed by atoms with van der Waals surface area (Å²) >= 11 is 6.02. The Kier molecular flexibility index (Phi) is 3.05. The van der Waals surface area contributed by atoms with Gasteiger partial charge in [0.05, 0.1) is 5.52 Å². The van der Waals surface area contributed by atoms with Crippen LogP contribution < -0.4 is 5.32 Å². The highest BCUT2D eigenvalue weighted by atomic mass is 35.5. The maximum Gasteiger partial charge on any atom is 0.162 e. The summed E-state index contributed by atoms with van der Waals surface area (Å²) < 4.78 is 0. The van der Waals surface area contributed by atoms with Crippen LogP contribution in [0.5, 0.6) is 0 Å². The van der Waals surface area contributed by atoms with Gasteiger partial charge in [0, 0.05) is 23.0 Å². The minimum atomic E-state index is 0.672. The van der Waals surface area contributed by atoms with E-state index in [4.69, 9.17) is 11.6 Å². The maximum absolute atomic E-state index is 6.02. The van der Waals surface area contributed by atoms with E-state index in [9.17, 15) is 0 Å². The molecule has 1 N–H and O–H groups in total. The molecule has 3 nitrogen and oxygen atoms in total. The first kappa shape index (κ1) is 11.9. The number of nitrogens with zero attached hydrogens (tertiary/aromatic N) is 2. The minimum absolute atomic E-state index is 0.672. The van der Waals surface area contributed by atoms with Gasteiger partial charge in [0.1, 0.15) is 5.82 Å². The molecule has 2 aromatic carbocycles. The zero-order valence-electron chi connectivity index (χ0n) is 10.4. The number of nitrogens with one attached hydrogen (secondary N) is 1. The molecule has 1 heterocycles. The number of para-hydroxylation sites is 1. The molecule has 0 fully saturated rings. The van der Waals surface area contributed by atoms with Gasteiger partial charge in [-0.15, -0.1) is 0 Å². The second-order valence-corrected chi connectivity index (χ2v) is 4.61. The molecule has 0 saturated carbocycles. The Labute approximate surface area is 116 Å². The van der Waals surface area contributed by atoms with E-state index >= 15 is 0 Å². The number of hydrogen-bond acceptors (Lipinski definition) is 3. The number of halogens is 1. The van der Waals surface area contributed by atoms with Crippen LogP contribution in [0, 0.1) is 0 Å². The third-order valence-corrected chi connectivity index (χ3v) is 3.16. The summed E-state index contributed by atoms with van der Waals surface area (Å²) in [6.07, 6.45) is 0. The molecule has 0 atom stereocenters. The van der Waals surface area contributed by atoms with Gasteiger partial charge in [0.25, 0.3) is 0 Å². The lowest BCUT2D eigenvalue weighted by Gasteiger charge is -2.08. The van der Waals surface area contributed by atoms with Crippen molar-refractivity contribution < 1.29 is 0 Å². The van der Waals surface area contributed by atoms with E-state index in [0.717, 1.165) is 22.3 Å². The quantitative estimate of drug-likeness (QED) is 0.764. The fourth-order valence-corrected chi connectivity index (χ4v) is 2.21. The third kappa shape index (κ3) is 2.25. The summed E-state index contributed by atoms with van der Waals surface area (Å²) in [7, 11) is 1.86. The zero-order valence-corrected chi connectivity index (χ0v) is 11.1. The topological polar surface area (TPSA) is 37.8 Å². The van der Waals surface area contributed by atoms with Crippen molar-refractivity contribution in [3.05, 3.63) is 53.6 Å². The van der Waals surface area contributed by atoms with Crippen LogP contribution >= 0.6 is 11.6 Å². The summed E-state index contributed by atoms with van der Waals surface area (Å²) in [4.78, 5) is 9.14. The lowest BCUT2D eigenvalue weighted by Crippen LogP contribution is -1.98. The van der Waals surface area contributed by atoms with Gasteiger partial charge in [-0.1, -0.05) is 35.9 Å². The molecule has 0 saturated heterocycles. The van der Waals surface area contributed by atoms with Crippen molar-refractivity contribution in [1.82, 2.24) is 9.97 Å². The molecule has 4 heteroatoms. The van der Waals surface area contributed by atoms with Crippen LogP contribution in [0.3, 0.4) is 0 Å². The Balaban J connectivity index is 2.25. The van der Waals surface area contributed by atoms with Crippen molar-refractivity contribution in [1.29, 1.82) is 0 Å². The Morgan fingerprint density at radius 3 is 2.63 bits per heavy atom. The van der Waals surface area contributed by atoms with E-state index in [0.29, 0.717) is 10.8 Å². The molecule has 94 valence electrons. The Hall–Kier alpha value is -2.13. The Morgan fingerprint density at radius 2 is 1.84 bits per heavy atom. The molecule has 19 heavy (non-hydrogen) atoms. The standard InChI is InChI=1S/C15H12ClN3/c1-17-15-12-7-2-3-8-13(12)18-14(19-15)10-5-4-6-11(16)9-10/h2-9H,1H3,(H,17,18,19). The van der Waals surface area contributed by atoms with E-state index in [1.165, 1.54) is 0 Å². The molecule has 0 spiro atoms. The van der Waals surface area contributed by atoms with Crippen LogP contribution in [0.25, 0.3) is 22.3 Å². The van der Waals surface area contributed by atoms with Gasteiger partial charge >= 0.3 is 0 Å². The van der Waals surface area contributed by atoms with Crippen molar-refractivity contribution in [2.24, 2.45) is 0 Å². The van der Waals surface area contributed by atoms with Crippen LogP contribution in [0.15, 0.2) is 48.5 Å². The molecular weight excluding hydrogens is 258 g/mol. The average Bonchev–Trinajstić information content (AvgIpc) is 2.46. The van der Waals surface area contributed by atoms with Crippen molar-refractivity contribution >= 4 is 28.3 Å². The highest BCUT2D eigenvalue weighted by Gasteiger charge is 2.08. The Morgan fingerprint density at radius 1 is 1.00 bits per heavy atom. The predicted molar refractivity (Wildman–Crippen MR) is 79.5 cm³/mol. The number of benzene rings is 2. The van der Waals surface area contributed by atoms with E-state index in [1.807, 2.05) is 55.6 Å². The smallest absolute Gasteiger partial charge is 0.162 e. The molecule has 0 aliphatic heterocycles. The largest absolute Gasteiger partial charge is 0.373 e. The van der Waals surface area contributed by atoms with Gasteiger partial charge in [-0.25, -0.2) is 9.97 Å². The zero-order chi connectivity index (χ0) is 13.2. The SMILES string of the molecule is CNc1nc(-c2cccc(Cl)c2)nc2ccccc12. The second-order valence-electron chi connectivity index (χ2n) is 4.17. The minimum Gasteiger partial charge on any atom is -0.373 e. The van der Waals surface area contributed by atoms with Crippen molar-refractivity contribution in [2.75, 3.05) is 12.4 Å². The fourth-order valence-electron chi connectivity index (χ4n) is 2.02. The van der Waals surface area contributed by atoms with Crippen LogP contribution in [0.2, 0.25) is 5.02 Å². The molecule has 0 unspecified atom stereocenters. The van der Waals surface area contributed by atoms with Gasteiger partial charge in [-0.2, -0.15) is 0 Å². The molecule has 0 radical (unpaired) electrons. The molecule has 3 aromatic rings. The predicted octanol–water partition coefficient (Wildman–Crippen LogP) is 3.99. The summed E-state index contributed by atoms with van der Waals surface area (Å²) in [6.45, 7) is 0. The first-order valence-electron chi connectivity index (χ1n) is 5.98. The number of aromatic nitrogens is 2. The van der Waals surface area contributed by atoms with Crippen molar-refractivity contribution in [3.63, 3.8) is 0 Å². The molecule has 0 amide bonds. The highest BCUT2D eigenvalue weighted by molar-refractivity contribution is 6.30. The molecule has 1 aromatic heterocycles. The van der Waals surface area contributed by atoms with Crippen LogP contribution in [-0.2, 0) is 0 Å². The third-order valence-electron chi connectivity index (χ3n) is 2.92. The van der Waals surface area contributed by atoms with Crippen molar-refractivity contribution in [2.45, 2.75) is 0 Å². The maximum atomic E-state index is 6.02. The first-order chi connectivity index (χ1) is 9.28. The number of hydrogen-bond donors (Lipinski definition) is 1. The van der Waals surface area contributed by atoms with E-state index in [1.54, 1.807) is 0 Å². The molecule has 0 bridgehead atoms. The first-order valence-corrected chi connectivity index (χ1v) is 6.36. The fraction of sp³-hybridized carbons (Fsp3) is 0.0667. The second kappa shape index (κ2) is 4.86. The van der Waals surface area contributed by atoms with E-state index in [-0.39, 0.29) is 0 Å². The van der Waals surface area contributed by atoms with Crippen LogP contribution in [0.4, 0.5) is 5.82 Å². The molecule has 3 rings (SSSR count).